The van der Waals surface area contributed by atoms with Gasteiger partial charge in [0.15, 0.2) is 5.82 Å². The first-order valence-electron chi connectivity index (χ1n) is 14.0. The van der Waals surface area contributed by atoms with Crippen molar-refractivity contribution < 1.29 is 14.3 Å². The van der Waals surface area contributed by atoms with Gasteiger partial charge in [-0.1, -0.05) is 18.2 Å². The summed E-state index contributed by atoms with van der Waals surface area (Å²) in [7, 11) is 6.01. The Morgan fingerprint density at radius 1 is 1.15 bits per heavy atom. The van der Waals surface area contributed by atoms with Crippen LogP contribution in [-0.4, -0.2) is 69.8 Å². The standard InChI is InChI=1S/C31H40N6O3/c1-8-37-24-14-10-9-12-20(24)17-26(37)28-33-23-16-21(18-25(34(5)6)27(23)35(28)7)29(38)36-15-11-13-22(19-36)32-30(39)40-31(2,3)4/h9-10,12,14,16-18,22H,8,11,13,15,19H2,1-7H3,(H,32,39)/t22-/m1/s1. The van der Waals surface area contributed by atoms with Gasteiger partial charge in [0, 0.05) is 63.3 Å². The number of carbonyl (C=O) groups is 2. The van der Waals surface area contributed by atoms with Crippen molar-refractivity contribution in [2.45, 2.75) is 58.7 Å². The number of amides is 2. The molecular weight excluding hydrogens is 504 g/mol. The molecule has 1 saturated heterocycles. The fourth-order valence-electron chi connectivity index (χ4n) is 5.69. The van der Waals surface area contributed by atoms with Gasteiger partial charge in [0.25, 0.3) is 5.91 Å². The number of nitrogens with zero attached hydrogens (tertiary/aromatic N) is 5. The molecule has 0 spiro atoms. The van der Waals surface area contributed by atoms with Crippen LogP contribution in [0.25, 0.3) is 33.5 Å². The zero-order valence-corrected chi connectivity index (χ0v) is 24.6. The van der Waals surface area contributed by atoms with Gasteiger partial charge < -0.3 is 29.0 Å². The van der Waals surface area contributed by atoms with E-state index in [1.54, 1.807) is 0 Å². The lowest BCUT2D eigenvalue weighted by atomic mass is 10.0. The van der Waals surface area contributed by atoms with Gasteiger partial charge in [-0.2, -0.15) is 0 Å². The van der Waals surface area contributed by atoms with Crippen LogP contribution in [0.2, 0.25) is 0 Å². The Morgan fingerprint density at radius 2 is 1.90 bits per heavy atom. The molecule has 1 aliphatic rings. The van der Waals surface area contributed by atoms with Crippen LogP contribution >= 0.6 is 0 Å². The highest BCUT2D eigenvalue weighted by molar-refractivity contribution is 6.02. The summed E-state index contributed by atoms with van der Waals surface area (Å²) in [4.78, 5) is 35.1. The molecule has 1 atom stereocenters. The molecule has 1 aliphatic heterocycles. The number of imidazole rings is 1. The third kappa shape index (κ3) is 5.24. The van der Waals surface area contributed by atoms with Crippen molar-refractivity contribution >= 4 is 39.6 Å². The average Bonchev–Trinajstić information content (AvgIpc) is 3.43. The van der Waals surface area contributed by atoms with E-state index in [0.717, 1.165) is 47.6 Å². The van der Waals surface area contributed by atoms with E-state index in [1.807, 2.05) is 63.8 Å². The smallest absolute Gasteiger partial charge is 0.407 e. The summed E-state index contributed by atoms with van der Waals surface area (Å²) in [6, 6.07) is 14.3. The molecule has 0 saturated carbocycles. The van der Waals surface area contributed by atoms with Crippen molar-refractivity contribution in [3.63, 3.8) is 0 Å². The Kier molecular flexibility index (Phi) is 7.25. The summed E-state index contributed by atoms with van der Waals surface area (Å²) in [5, 5.41) is 4.12. The lowest BCUT2D eigenvalue weighted by molar-refractivity contribution is 0.0452. The molecule has 9 nitrogen and oxygen atoms in total. The topological polar surface area (TPSA) is 84.6 Å². The normalized spacial score (nSPS) is 16.0. The van der Waals surface area contributed by atoms with E-state index < -0.39 is 11.7 Å². The van der Waals surface area contributed by atoms with E-state index in [9.17, 15) is 9.59 Å². The zero-order valence-electron chi connectivity index (χ0n) is 24.6. The highest BCUT2D eigenvalue weighted by atomic mass is 16.6. The third-order valence-electron chi connectivity index (χ3n) is 7.46. The third-order valence-corrected chi connectivity index (χ3v) is 7.46. The van der Waals surface area contributed by atoms with Crippen molar-refractivity contribution in [3.05, 3.63) is 48.0 Å². The van der Waals surface area contributed by atoms with E-state index in [-0.39, 0.29) is 11.9 Å². The molecule has 3 heterocycles. The SMILES string of the molecule is CCn1c(-c2nc3cc(C(=O)N4CCC[C@@H](NC(=O)OC(C)(C)C)C4)cc(N(C)C)c3n2C)cc2ccccc21. The second-order valence-corrected chi connectivity index (χ2v) is 11.8. The summed E-state index contributed by atoms with van der Waals surface area (Å²) in [5.41, 5.74) is 4.94. The number of carbonyl (C=O) groups excluding carboxylic acids is 2. The first kappa shape index (κ1) is 27.6. The molecule has 2 aromatic carbocycles. The van der Waals surface area contributed by atoms with E-state index in [4.69, 9.17) is 9.72 Å². The number of ether oxygens (including phenoxy) is 1. The number of aromatic nitrogens is 3. The number of para-hydroxylation sites is 1. The lowest BCUT2D eigenvalue weighted by Crippen LogP contribution is -2.50. The summed E-state index contributed by atoms with van der Waals surface area (Å²) >= 11 is 0. The first-order chi connectivity index (χ1) is 19.0. The van der Waals surface area contributed by atoms with Crippen molar-refractivity contribution in [1.29, 1.82) is 0 Å². The molecule has 0 bridgehead atoms. The van der Waals surface area contributed by atoms with Crippen molar-refractivity contribution in [2.75, 3.05) is 32.1 Å². The van der Waals surface area contributed by atoms with Crippen LogP contribution in [0, 0.1) is 0 Å². The molecule has 2 aromatic heterocycles. The predicted octanol–water partition coefficient (Wildman–Crippen LogP) is 5.41. The Labute approximate surface area is 235 Å². The molecule has 5 rings (SSSR count). The van der Waals surface area contributed by atoms with E-state index in [2.05, 4.69) is 51.7 Å². The monoisotopic (exact) mass is 544 g/mol. The van der Waals surface area contributed by atoms with Gasteiger partial charge in [0.05, 0.1) is 22.4 Å². The van der Waals surface area contributed by atoms with E-state index in [0.29, 0.717) is 18.7 Å². The number of alkyl carbamates (subject to hydrolysis) is 1. The molecule has 1 N–H and O–H groups in total. The van der Waals surface area contributed by atoms with Gasteiger partial charge in [0.1, 0.15) is 5.60 Å². The van der Waals surface area contributed by atoms with Crippen LogP contribution in [0.5, 0.6) is 0 Å². The first-order valence-corrected chi connectivity index (χ1v) is 14.0. The summed E-state index contributed by atoms with van der Waals surface area (Å²) in [6.45, 7) is 9.57. The number of piperidine rings is 1. The van der Waals surface area contributed by atoms with E-state index in [1.165, 1.54) is 10.9 Å². The lowest BCUT2D eigenvalue weighted by Gasteiger charge is -2.33. The van der Waals surface area contributed by atoms with Gasteiger partial charge in [-0.05, 0) is 64.8 Å². The molecule has 1 fully saturated rings. The largest absolute Gasteiger partial charge is 0.444 e. The number of hydrogen-bond donors (Lipinski definition) is 1. The Balaban J connectivity index is 1.49. The molecule has 0 unspecified atom stereocenters. The zero-order chi connectivity index (χ0) is 28.8. The summed E-state index contributed by atoms with van der Waals surface area (Å²) in [6.07, 6.45) is 1.17. The van der Waals surface area contributed by atoms with Crippen molar-refractivity contribution in [2.24, 2.45) is 7.05 Å². The van der Waals surface area contributed by atoms with Gasteiger partial charge in [0.2, 0.25) is 0 Å². The summed E-state index contributed by atoms with van der Waals surface area (Å²) < 4.78 is 9.83. The second-order valence-electron chi connectivity index (χ2n) is 11.8. The molecule has 2 amide bonds. The van der Waals surface area contributed by atoms with Gasteiger partial charge in [-0.15, -0.1) is 0 Å². The van der Waals surface area contributed by atoms with Crippen molar-refractivity contribution in [1.82, 2.24) is 24.3 Å². The predicted molar refractivity (Wildman–Crippen MR) is 160 cm³/mol. The molecule has 0 aliphatic carbocycles. The fraction of sp³-hybridized carbons (Fsp3) is 0.452. The minimum Gasteiger partial charge on any atom is -0.444 e. The minimum absolute atomic E-state index is 0.0597. The molecule has 4 aromatic rings. The number of rotatable bonds is 5. The maximum atomic E-state index is 13.8. The number of nitrogens with one attached hydrogen (secondary N) is 1. The molecular formula is C31H40N6O3. The molecule has 9 heteroatoms. The maximum absolute atomic E-state index is 13.8. The molecule has 0 radical (unpaired) electrons. The number of aryl methyl sites for hydroxylation is 2. The van der Waals surface area contributed by atoms with Gasteiger partial charge >= 0.3 is 6.09 Å². The maximum Gasteiger partial charge on any atom is 0.407 e. The summed E-state index contributed by atoms with van der Waals surface area (Å²) in [5.74, 6) is 0.802. The Morgan fingerprint density at radius 3 is 2.60 bits per heavy atom. The highest BCUT2D eigenvalue weighted by Gasteiger charge is 2.28. The van der Waals surface area contributed by atoms with Crippen LogP contribution in [0.15, 0.2) is 42.5 Å². The van der Waals surface area contributed by atoms with Crippen molar-refractivity contribution in [3.8, 4) is 11.5 Å². The Hall–Kier alpha value is -4.01. The number of fused-ring (bicyclic) bond motifs is 2. The van der Waals surface area contributed by atoms with Crippen LogP contribution in [0.4, 0.5) is 10.5 Å². The van der Waals surface area contributed by atoms with Crippen LogP contribution < -0.4 is 10.2 Å². The minimum atomic E-state index is -0.570. The number of benzene rings is 2. The van der Waals surface area contributed by atoms with Crippen LogP contribution in [0.3, 0.4) is 0 Å². The molecule has 40 heavy (non-hydrogen) atoms. The average molecular weight is 545 g/mol. The number of hydrogen-bond acceptors (Lipinski definition) is 5. The van der Waals surface area contributed by atoms with Crippen LogP contribution in [-0.2, 0) is 18.3 Å². The Bertz CT molecular complexity index is 1580. The fourth-order valence-corrected chi connectivity index (χ4v) is 5.69. The van der Waals surface area contributed by atoms with Crippen LogP contribution in [0.1, 0.15) is 50.9 Å². The quantitative estimate of drug-likeness (QED) is 0.363. The highest BCUT2D eigenvalue weighted by Crippen LogP contribution is 2.34. The van der Waals surface area contributed by atoms with Gasteiger partial charge in [-0.3, -0.25) is 4.79 Å². The molecule has 212 valence electrons. The van der Waals surface area contributed by atoms with E-state index >= 15 is 0 Å². The number of anilines is 1. The van der Waals surface area contributed by atoms with Gasteiger partial charge in [-0.25, -0.2) is 9.78 Å². The second kappa shape index (κ2) is 10.5. The number of likely N-dealkylation sites (tertiary alicyclic amines) is 1.